The minimum atomic E-state index is -0.322. The average Bonchev–Trinajstić information content (AvgIpc) is 2.74. The van der Waals surface area contributed by atoms with E-state index < -0.39 is 0 Å². The maximum Gasteiger partial charge on any atom is 0.262 e. The molecule has 172 valence electrons. The summed E-state index contributed by atoms with van der Waals surface area (Å²) in [7, 11) is 0. The summed E-state index contributed by atoms with van der Waals surface area (Å²) in [6.07, 6.45) is 5.45. The quantitative estimate of drug-likeness (QED) is 0.457. The van der Waals surface area contributed by atoms with Gasteiger partial charge in [-0.2, -0.15) is 0 Å². The molecule has 2 N–H and O–H groups in total. The Bertz CT molecular complexity index is 982. The normalized spacial score (nSPS) is 14.7. The zero-order valence-corrected chi connectivity index (χ0v) is 21.1. The number of rotatable bonds is 6. The van der Waals surface area contributed by atoms with E-state index in [-0.39, 0.29) is 29.9 Å². The van der Waals surface area contributed by atoms with Gasteiger partial charge in [0.1, 0.15) is 5.75 Å². The Morgan fingerprint density at radius 1 is 1.09 bits per heavy atom. The molecule has 32 heavy (non-hydrogen) atoms. The lowest BCUT2D eigenvalue weighted by atomic mass is 9.87. The van der Waals surface area contributed by atoms with E-state index in [9.17, 15) is 9.59 Å². The maximum absolute atomic E-state index is 12.7. The Morgan fingerprint density at radius 2 is 1.81 bits per heavy atom. The first-order chi connectivity index (χ1) is 15.1. The second kappa shape index (κ2) is 10.7. The highest BCUT2D eigenvalue weighted by Gasteiger charge is 2.19. The van der Waals surface area contributed by atoms with Crippen molar-refractivity contribution in [2.45, 2.75) is 64.3 Å². The molecule has 2 aromatic carbocycles. The van der Waals surface area contributed by atoms with E-state index in [1.54, 1.807) is 18.2 Å². The van der Waals surface area contributed by atoms with E-state index >= 15 is 0 Å². The lowest BCUT2D eigenvalue weighted by Crippen LogP contribution is -2.36. The van der Waals surface area contributed by atoms with Crippen LogP contribution in [0.3, 0.4) is 0 Å². The molecule has 1 fully saturated rings. The Morgan fingerprint density at radius 3 is 2.47 bits per heavy atom. The number of carbonyl (C=O) groups is 2. The van der Waals surface area contributed by atoms with E-state index in [1.807, 2.05) is 18.2 Å². The average molecular weight is 522 g/mol. The standard InChI is InChI=1S/C25H30BrClN2O3/c1-25(2,3)16-9-12-22(20(26)13-16)32-15-23(30)28-18-10-11-21(27)19(14-18)24(31)29-17-7-5-4-6-8-17/h9-14,17H,4-8,15H2,1-3H3,(H,28,30)(H,29,31). The number of nitrogens with one attached hydrogen (secondary N) is 2. The predicted molar refractivity (Wildman–Crippen MR) is 133 cm³/mol. The van der Waals surface area contributed by atoms with E-state index in [0.717, 1.165) is 30.2 Å². The highest BCUT2D eigenvalue weighted by atomic mass is 79.9. The molecule has 0 aromatic heterocycles. The molecule has 5 nitrogen and oxygen atoms in total. The molecule has 0 heterocycles. The van der Waals surface area contributed by atoms with Gasteiger partial charge in [0.2, 0.25) is 0 Å². The predicted octanol–water partition coefficient (Wildman–Crippen LogP) is 6.48. The summed E-state index contributed by atoms with van der Waals surface area (Å²) in [4.78, 5) is 25.1. The van der Waals surface area contributed by atoms with Gasteiger partial charge in [0.25, 0.3) is 11.8 Å². The van der Waals surface area contributed by atoms with Gasteiger partial charge in [-0.15, -0.1) is 0 Å². The van der Waals surface area contributed by atoms with E-state index in [4.69, 9.17) is 16.3 Å². The van der Waals surface area contributed by atoms with Gasteiger partial charge < -0.3 is 15.4 Å². The smallest absolute Gasteiger partial charge is 0.262 e. The number of ether oxygens (including phenoxy) is 1. The molecule has 3 rings (SSSR count). The van der Waals surface area contributed by atoms with E-state index in [0.29, 0.717) is 22.0 Å². The highest BCUT2D eigenvalue weighted by molar-refractivity contribution is 9.10. The molecule has 0 radical (unpaired) electrons. The number of amides is 2. The first-order valence-corrected chi connectivity index (χ1v) is 12.1. The van der Waals surface area contributed by atoms with Crippen LogP contribution in [0.25, 0.3) is 0 Å². The number of benzene rings is 2. The number of halogens is 2. The van der Waals surface area contributed by atoms with Gasteiger partial charge in [-0.1, -0.05) is 57.7 Å². The van der Waals surface area contributed by atoms with Crippen molar-refractivity contribution >= 4 is 45.0 Å². The fraction of sp³-hybridized carbons (Fsp3) is 0.440. The molecule has 0 aliphatic heterocycles. The number of anilines is 1. The minimum absolute atomic E-state index is 0.0218. The van der Waals surface area contributed by atoms with Crippen LogP contribution in [-0.2, 0) is 10.2 Å². The summed E-state index contributed by atoms with van der Waals surface area (Å²) in [5.74, 6) is 0.0617. The van der Waals surface area contributed by atoms with Crippen LogP contribution in [0.2, 0.25) is 5.02 Å². The summed E-state index contributed by atoms with van der Waals surface area (Å²) in [6.45, 7) is 6.26. The SMILES string of the molecule is CC(C)(C)c1ccc(OCC(=O)Nc2ccc(Cl)c(C(=O)NC3CCCCC3)c2)c(Br)c1. The first kappa shape index (κ1) is 24.6. The lowest BCUT2D eigenvalue weighted by Gasteiger charge is -2.23. The molecule has 7 heteroatoms. The fourth-order valence-corrected chi connectivity index (χ4v) is 4.41. The highest BCUT2D eigenvalue weighted by Crippen LogP contribution is 2.31. The maximum atomic E-state index is 12.7. The van der Waals surface area contributed by atoms with Crippen molar-refractivity contribution < 1.29 is 14.3 Å². The number of hydrogen-bond acceptors (Lipinski definition) is 3. The molecule has 0 saturated heterocycles. The molecule has 0 spiro atoms. The van der Waals surface area contributed by atoms with Crippen molar-refractivity contribution in [2.75, 3.05) is 11.9 Å². The zero-order chi connectivity index (χ0) is 23.3. The molecule has 0 bridgehead atoms. The fourth-order valence-electron chi connectivity index (χ4n) is 3.71. The molecule has 2 amide bonds. The van der Waals surface area contributed by atoms with Gasteiger partial charge in [-0.25, -0.2) is 0 Å². The van der Waals surface area contributed by atoms with Crippen molar-refractivity contribution in [1.82, 2.24) is 5.32 Å². The zero-order valence-electron chi connectivity index (χ0n) is 18.8. The monoisotopic (exact) mass is 520 g/mol. The summed E-state index contributed by atoms with van der Waals surface area (Å²) < 4.78 is 6.47. The van der Waals surface area contributed by atoms with Crippen LogP contribution in [0.4, 0.5) is 5.69 Å². The van der Waals surface area contributed by atoms with Crippen molar-refractivity contribution in [3.63, 3.8) is 0 Å². The summed E-state index contributed by atoms with van der Waals surface area (Å²) in [5, 5.41) is 6.19. The number of hydrogen-bond donors (Lipinski definition) is 2. The van der Waals surface area contributed by atoms with Gasteiger partial charge in [-0.05, 0) is 70.1 Å². The van der Waals surface area contributed by atoms with Gasteiger partial charge in [0.15, 0.2) is 6.61 Å². The third kappa shape index (κ3) is 6.72. The van der Waals surface area contributed by atoms with Crippen LogP contribution in [0.15, 0.2) is 40.9 Å². The van der Waals surface area contributed by atoms with E-state index in [2.05, 4.69) is 47.3 Å². The second-order valence-corrected chi connectivity index (χ2v) is 10.5. The topological polar surface area (TPSA) is 67.4 Å². The molecule has 1 aliphatic rings. The minimum Gasteiger partial charge on any atom is -0.483 e. The van der Waals surface area contributed by atoms with Crippen molar-refractivity contribution in [3.8, 4) is 5.75 Å². The van der Waals surface area contributed by atoms with Crippen LogP contribution in [0, 0.1) is 0 Å². The summed E-state index contributed by atoms with van der Waals surface area (Å²) in [5.41, 5.74) is 2.05. The van der Waals surface area contributed by atoms with Crippen LogP contribution in [0.1, 0.15) is 68.8 Å². The Labute approximate surface area is 203 Å². The van der Waals surface area contributed by atoms with E-state index in [1.165, 1.54) is 12.0 Å². The van der Waals surface area contributed by atoms with Gasteiger partial charge >= 0.3 is 0 Å². The van der Waals surface area contributed by atoms with Crippen LogP contribution < -0.4 is 15.4 Å². The Kier molecular flexibility index (Phi) is 8.23. The molecular formula is C25H30BrClN2O3. The third-order valence-corrected chi connectivity index (χ3v) is 6.54. The number of carbonyl (C=O) groups excluding carboxylic acids is 2. The van der Waals surface area contributed by atoms with Crippen molar-refractivity contribution in [2.24, 2.45) is 0 Å². The lowest BCUT2D eigenvalue weighted by molar-refractivity contribution is -0.118. The Balaban J connectivity index is 1.59. The molecule has 0 atom stereocenters. The third-order valence-electron chi connectivity index (χ3n) is 5.59. The summed E-state index contributed by atoms with van der Waals surface area (Å²) in [6, 6.07) is 10.9. The first-order valence-electron chi connectivity index (χ1n) is 11.0. The van der Waals surface area contributed by atoms with Crippen LogP contribution in [-0.4, -0.2) is 24.5 Å². The molecule has 1 saturated carbocycles. The van der Waals surface area contributed by atoms with Gasteiger partial charge in [0, 0.05) is 11.7 Å². The Hall–Kier alpha value is -2.05. The molecular weight excluding hydrogens is 492 g/mol. The molecule has 0 unspecified atom stereocenters. The second-order valence-electron chi connectivity index (χ2n) is 9.24. The largest absolute Gasteiger partial charge is 0.483 e. The molecule has 2 aromatic rings. The van der Waals surface area contributed by atoms with Crippen molar-refractivity contribution in [1.29, 1.82) is 0 Å². The van der Waals surface area contributed by atoms with Crippen LogP contribution in [0.5, 0.6) is 5.75 Å². The van der Waals surface area contributed by atoms with Gasteiger partial charge in [-0.3, -0.25) is 9.59 Å². The van der Waals surface area contributed by atoms with Gasteiger partial charge in [0.05, 0.1) is 15.1 Å². The van der Waals surface area contributed by atoms with Crippen LogP contribution >= 0.6 is 27.5 Å². The molecule has 1 aliphatic carbocycles. The summed E-state index contributed by atoms with van der Waals surface area (Å²) >= 11 is 9.76. The van der Waals surface area contributed by atoms with Crippen molar-refractivity contribution in [3.05, 3.63) is 57.0 Å².